The van der Waals surface area contributed by atoms with E-state index in [0.717, 1.165) is 23.5 Å². The minimum Gasteiger partial charge on any atom is -0.461 e. The summed E-state index contributed by atoms with van der Waals surface area (Å²) in [5.41, 5.74) is 0. The van der Waals surface area contributed by atoms with Gasteiger partial charge in [0.05, 0.1) is 12.0 Å². The minimum atomic E-state index is 0.0791. The molecule has 6 nitrogen and oxygen atoms in total. The molecule has 1 amide bonds. The number of nitrogens with zero attached hydrogens (tertiary/aromatic N) is 3. The lowest BCUT2D eigenvalue weighted by Gasteiger charge is -2.28. The number of aromatic nitrogens is 3. The van der Waals surface area contributed by atoms with Crippen molar-refractivity contribution in [2.24, 2.45) is 17.8 Å². The molecule has 2 bridgehead atoms. The molecule has 0 radical (unpaired) electrons. The number of carbonyl (C=O) groups excluding carboxylic acids is 1. The fourth-order valence-corrected chi connectivity index (χ4v) is 5.52. The molecular formula is C19H26N4O2S. The molecule has 4 rings (SSSR count). The Morgan fingerprint density at radius 1 is 1.42 bits per heavy atom. The Morgan fingerprint density at radius 2 is 2.31 bits per heavy atom. The highest BCUT2D eigenvalue weighted by atomic mass is 32.2. The molecule has 2 saturated carbocycles. The molecular weight excluding hydrogens is 348 g/mol. The van der Waals surface area contributed by atoms with Crippen molar-refractivity contribution in [3.63, 3.8) is 0 Å². The van der Waals surface area contributed by atoms with Gasteiger partial charge in [0.25, 0.3) is 0 Å². The van der Waals surface area contributed by atoms with Crippen molar-refractivity contribution in [1.29, 1.82) is 0 Å². The van der Waals surface area contributed by atoms with Crippen LogP contribution in [0.5, 0.6) is 0 Å². The zero-order chi connectivity index (χ0) is 18.1. The highest BCUT2D eigenvalue weighted by Crippen LogP contribution is 2.49. The van der Waals surface area contributed by atoms with E-state index in [2.05, 4.69) is 22.4 Å². The van der Waals surface area contributed by atoms with Crippen LogP contribution in [0.15, 0.2) is 28.0 Å². The lowest BCUT2D eigenvalue weighted by Crippen LogP contribution is -2.40. The van der Waals surface area contributed by atoms with Crippen LogP contribution in [0, 0.1) is 17.8 Å². The number of carbonyl (C=O) groups is 1. The zero-order valence-electron chi connectivity index (χ0n) is 15.4. The quantitative estimate of drug-likeness (QED) is 0.750. The van der Waals surface area contributed by atoms with Gasteiger partial charge in [0, 0.05) is 12.6 Å². The first kappa shape index (κ1) is 17.6. The van der Waals surface area contributed by atoms with E-state index in [4.69, 9.17) is 4.42 Å². The fourth-order valence-electron chi connectivity index (χ4n) is 4.71. The summed E-state index contributed by atoms with van der Waals surface area (Å²) in [7, 11) is 0. The Bertz CT molecular complexity index is 758. The van der Waals surface area contributed by atoms with Crippen LogP contribution < -0.4 is 5.32 Å². The number of amides is 1. The maximum Gasteiger partial charge on any atom is 0.230 e. The molecule has 2 heterocycles. The van der Waals surface area contributed by atoms with Gasteiger partial charge in [-0.05, 0) is 63.0 Å². The van der Waals surface area contributed by atoms with Gasteiger partial charge in [-0.15, -0.1) is 10.2 Å². The molecule has 26 heavy (non-hydrogen) atoms. The van der Waals surface area contributed by atoms with Gasteiger partial charge in [-0.2, -0.15) is 0 Å². The van der Waals surface area contributed by atoms with Gasteiger partial charge >= 0.3 is 0 Å². The summed E-state index contributed by atoms with van der Waals surface area (Å²) in [5.74, 6) is 4.23. The first-order valence-corrected chi connectivity index (χ1v) is 10.5. The molecule has 2 aliphatic carbocycles. The van der Waals surface area contributed by atoms with Gasteiger partial charge in [0.2, 0.25) is 5.91 Å². The average Bonchev–Trinajstić information content (AvgIpc) is 3.43. The van der Waals surface area contributed by atoms with Crippen LogP contribution in [-0.2, 0) is 11.3 Å². The number of fused-ring (bicyclic) bond motifs is 2. The van der Waals surface area contributed by atoms with Gasteiger partial charge in [-0.25, -0.2) is 0 Å². The van der Waals surface area contributed by atoms with Crippen LogP contribution in [0.25, 0.3) is 11.6 Å². The third-order valence-electron chi connectivity index (χ3n) is 5.93. The van der Waals surface area contributed by atoms with E-state index in [1.807, 2.05) is 23.6 Å². The van der Waals surface area contributed by atoms with Crippen LogP contribution in [0.3, 0.4) is 0 Å². The van der Waals surface area contributed by atoms with Gasteiger partial charge in [0.15, 0.2) is 16.7 Å². The van der Waals surface area contributed by atoms with E-state index >= 15 is 0 Å². The van der Waals surface area contributed by atoms with Crippen LogP contribution in [0.4, 0.5) is 0 Å². The van der Waals surface area contributed by atoms with E-state index in [1.54, 1.807) is 6.26 Å². The van der Waals surface area contributed by atoms with Crippen LogP contribution in [-0.4, -0.2) is 32.5 Å². The molecule has 0 aliphatic heterocycles. The molecule has 0 saturated heterocycles. The topological polar surface area (TPSA) is 73.0 Å². The number of rotatable bonds is 7. The monoisotopic (exact) mass is 374 g/mol. The van der Waals surface area contributed by atoms with E-state index in [1.165, 1.54) is 37.4 Å². The van der Waals surface area contributed by atoms with Crippen molar-refractivity contribution in [2.45, 2.75) is 57.3 Å². The molecule has 2 aromatic heterocycles. The Balaban J connectivity index is 1.33. The smallest absolute Gasteiger partial charge is 0.230 e. The zero-order valence-corrected chi connectivity index (χ0v) is 16.2. The standard InChI is InChI=1S/C19H26N4O2S/c1-3-23-18(16-5-4-8-25-16)21-22-19(23)26-11-17(24)20-12(2)15-10-13-6-7-14(15)9-13/h4-5,8,12-15H,3,6-7,9-11H2,1-2H3,(H,20,24). The van der Waals surface area contributed by atoms with Gasteiger partial charge in [-0.1, -0.05) is 18.2 Å². The fraction of sp³-hybridized carbons (Fsp3) is 0.632. The second-order valence-electron chi connectivity index (χ2n) is 7.51. The first-order valence-electron chi connectivity index (χ1n) is 9.55. The molecule has 140 valence electrons. The largest absolute Gasteiger partial charge is 0.461 e. The van der Waals surface area contributed by atoms with Crippen LogP contribution in [0.1, 0.15) is 39.5 Å². The van der Waals surface area contributed by atoms with E-state index in [9.17, 15) is 4.79 Å². The Hall–Kier alpha value is -1.76. The number of hydrogen-bond acceptors (Lipinski definition) is 5. The lowest BCUT2D eigenvalue weighted by molar-refractivity contribution is -0.119. The second kappa shape index (κ2) is 7.47. The Morgan fingerprint density at radius 3 is 2.96 bits per heavy atom. The third kappa shape index (κ3) is 3.41. The number of hydrogen-bond donors (Lipinski definition) is 1. The summed E-state index contributed by atoms with van der Waals surface area (Å²) in [6.45, 7) is 4.93. The number of thioether (sulfide) groups is 1. The summed E-state index contributed by atoms with van der Waals surface area (Å²) in [5, 5.41) is 12.4. The highest BCUT2D eigenvalue weighted by molar-refractivity contribution is 7.99. The molecule has 2 aliphatic rings. The highest BCUT2D eigenvalue weighted by Gasteiger charge is 2.42. The number of nitrogens with one attached hydrogen (secondary N) is 1. The van der Waals surface area contributed by atoms with E-state index in [-0.39, 0.29) is 11.9 Å². The Kier molecular flexibility index (Phi) is 5.07. The molecule has 7 heteroatoms. The van der Waals surface area contributed by atoms with E-state index in [0.29, 0.717) is 23.3 Å². The molecule has 0 spiro atoms. The first-order chi connectivity index (χ1) is 12.7. The van der Waals surface area contributed by atoms with Gasteiger partial charge in [-0.3, -0.25) is 9.36 Å². The Labute approximate surface area is 158 Å². The minimum absolute atomic E-state index is 0.0791. The van der Waals surface area contributed by atoms with Crippen molar-refractivity contribution in [1.82, 2.24) is 20.1 Å². The van der Waals surface area contributed by atoms with Gasteiger partial charge in [0.1, 0.15) is 0 Å². The molecule has 1 N–H and O–H groups in total. The summed E-state index contributed by atoms with van der Waals surface area (Å²) >= 11 is 1.43. The molecule has 0 aromatic carbocycles. The third-order valence-corrected chi connectivity index (χ3v) is 6.90. The summed E-state index contributed by atoms with van der Waals surface area (Å²) in [4.78, 5) is 12.4. The van der Waals surface area contributed by atoms with Crippen LogP contribution in [0.2, 0.25) is 0 Å². The van der Waals surface area contributed by atoms with Crippen molar-refractivity contribution in [2.75, 3.05) is 5.75 Å². The van der Waals surface area contributed by atoms with Crippen molar-refractivity contribution in [3.05, 3.63) is 18.4 Å². The van der Waals surface area contributed by atoms with Crippen molar-refractivity contribution in [3.8, 4) is 11.6 Å². The second-order valence-corrected chi connectivity index (χ2v) is 8.45. The SMILES string of the molecule is CCn1c(SCC(=O)NC(C)C2CC3CCC2C3)nnc1-c1ccco1. The van der Waals surface area contributed by atoms with Crippen molar-refractivity contribution >= 4 is 17.7 Å². The number of furan rings is 1. The summed E-state index contributed by atoms with van der Waals surface area (Å²) in [6, 6.07) is 3.97. The van der Waals surface area contributed by atoms with Crippen LogP contribution >= 0.6 is 11.8 Å². The maximum absolute atomic E-state index is 12.4. The lowest BCUT2D eigenvalue weighted by atomic mass is 9.84. The maximum atomic E-state index is 12.4. The predicted molar refractivity (Wildman–Crippen MR) is 101 cm³/mol. The van der Waals surface area contributed by atoms with E-state index < -0.39 is 0 Å². The molecule has 4 unspecified atom stereocenters. The molecule has 2 aromatic rings. The predicted octanol–water partition coefficient (Wildman–Crippen LogP) is 3.59. The average molecular weight is 375 g/mol. The summed E-state index contributed by atoms with van der Waals surface area (Å²) < 4.78 is 7.41. The molecule has 4 atom stereocenters. The normalized spacial score (nSPS) is 25.5. The van der Waals surface area contributed by atoms with Gasteiger partial charge < -0.3 is 9.73 Å². The molecule has 2 fully saturated rings. The van der Waals surface area contributed by atoms with Crippen molar-refractivity contribution < 1.29 is 9.21 Å². The summed E-state index contributed by atoms with van der Waals surface area (Å²) in [6.07, 6.45) is 7.02.